The largest absolute Gasteiger partial charge is 0.480 e. The van der Waals surface area contributed by atoms with Crippen LogP contribution in [0.4, 0.5) is 5.69 Å². The summed E-state index contributed by atoms with van der Waals surface area (Å²) in [7, 11) is 0. The minimum atomic E-state index is -0.779. The molecule has 90 valence electrons. The lowest BCUT2D eigenvalue weighted by Gasteiger charge is -2.23. The fourth-order valence-corrected chi connectivity index (χ4v) is 2.16. The summed E-state index contributed by atoms with van der Waals surface area (Å²) in [6.45, 7) is 0.760. The van der Waals surface area contributed by atoms with E-state index in [1.54, 1.807) is 12.1 Å². The molecule has 1 saturated heterocycles. The van der Waals surface area contributed by atoms with Crippen LogP contribution < -0.4 is 10.6 Å². The van der Waals surface area contributed by atoms with E-state index in [-0.39, 0.29) is 5.84 Å². The highest BCUT2D eigenvalue weighted by atomic mass is 16.4. The van der Waals surface area contributed by atoms with Crippen LogP contribution in [0.15, 0.2) is 24.3 Å². The van der Waals surface area contributed by atoms with Gasteiger partial charge in [-0.15, -0.1) is 0 Å². The third-order valence-electron chi connectivity index (χ3n) is 3.05. The van der Waals surface area contributed by atoms with Crippen LogP contribution in [0.2, 0.25) is 0 Å². The second kappa shape index (κ2) is 4.45. The highest BCUT2D eigenvalue weighted by Gasteiger charge is 2.30. The van der Waals surface area contributed by atoms with Gasteiger partial charge in [-0.25, -0.2) is 4.79 Å². The number of nitrogens with two attached hydrogens (primary N) is 1. The second-order valence-corrected chi connectivity index (χ2v) is 4.15. The van der Waals surface area contributed by atoms with E-state index in [4.69, 9.17) is 16.2 Å². The first-order valence-corrected chi connectivity index (χ1v) is 5.53. The number of rotatable bonds is 3. The third kappa shape index (κ3) is 2.22. The Hall–Kier alpha value is -2.04. The molecule has 0 saturated carbocycles. The second-order valence-electron chi connectivity index (χ2n) is 4.15. The average Bonchev–Trinajstić information content (AvgIpc) is 2.78. The Bertz CT molecular complexity index is 442. The molecule has 1 unspecified atom stereocenters. The third-order valence-corrected chi connectivity index (χ3v) is 3.05. The van der Waals surface area contributed by atoms with E-state index < -0.39 is 12.0 Å². The predicted molar refractivity (Wildman–Crippen MR) is 65.5 cm³/mol. The summed E-state index contributed by atoms with van der Waals surface area (Å²) in [5.41, 5.74) is 6.90. The van der Waals surface area contributed by atoms with Gasteiger partial charge in [0.1, 0.15) is 11.9 Å². The highest BCUT2D eigenvalue weighted by Crippen LogP contribution is 2.25. The van der Waals surface area contributed by atoms with Gasteiger partial charge in [0.2, 0.25) is 0 Å². The molecular weight excluding hydrogens is 218 g/mol. The molecular formula is C12H15N3O2. The molecule has 5 nitrogen and oxygen atoms in total. The molecule has 1 heterocycles. The maximum Gasteiger partial charge on any atom is 0.326 e. The predicted octanol–water partition coefficient (Wildman–Crippen LogP) is 1.02. The monoisotopic (exact) mass is 233 g/mol. The van der Waals surface area contributed by atoms with Crippen molar-refractivity contribution in [2.75, 3.05) is 11.4 Å². The van der Waals surface area contributed by atoms with Crippen molar-refractivity contribution in [2.24, 2.45) is 5.73 Å². The van der Waals surface area contributed by atoms with Gasteiger partial charge in [0, 0.05) is 17.8 Å². The molecule has 0 amide bonds. The maximum atomic E-state index is 11.1. The van der Waals surface area contributed by atoms with Crippen molar-refractivity contribution in [1.82, 2.24) is 0 Å². The Balaban J connectivity index is 2.22. The summed E-state index contributed by atoms with van der Waals surface area (Å²) in [6.07, 6.45) is 1.58. The van der Waals surface area contributed by atoms with Crippen LogP contribution in [0.25, 0.3) is 0 Å². The number of carboxylic acid groups (broad SMARTS) is 1. The first-order valence-electron chi connectivity index (χ1n) is 5.53. The fourth-order valence-electron chi connectivity index (χ4n) is 2.16. The van der Waals surface area contributed by atoms with Crippen molar-refractivity contribution >= 4 is 17.5 Å². The Morgan fingerprint density at radius 2 is 2.06 bits per heavy atom. The molecule has 0 bridgehead atoms. The lowest BCUT2D eigenvalue weighted by molar-refractivity contribution is -0.138. The van der Waals surface area contributed by atoms with Crippen LogP contribution in [0, 0.1) is 5.41 Å². The Morgan fingerprint density at radius 1 is 1.41 bits per heavy atom. The minimum Gasteiger partial charge on any atom is -0.480 e. The molecule has 0 radical (unpaired) electrons. The smallest absolute Gasteiger partial charge is 0.326 e. The number of carbonyl (C=O) groups is 1. The molecule has 2 rings (SSSR count). The maximum absolute atomic E-state index is 11.1. The van der Waals surface area contributed by atoms with Gasteiger partial charge < -0.3 is 15.7 Å². The SMILES string of the molecule is N=C(N)c1ccc(N2CCCC2C(=O)O)cc1. The quantitative estimate of drug-likeness (QED) is 0.537. The molecule has 1 aliphatic heterocycles. The van der Waals surface area contributed by atoms with Gasteiger partial charge in [-0.05, 0) is 37.1 Å². The van der Waals surface area contributed by atoms with Crippen LogP contribution in [-0.2, 0) is 4.79 Å². The van der Waals surface area contributed by atoms with E-state index in [9.17, 15) is 4.79 Å². The fraction of sp³-hybridized carbons (Fsp3) is 0.333. The van der Waals surface area contributed by atoms with Crippen LogP contribution >= 0.6 is 0 Å². The van der Waals surface area contributed by atoms with E-state index in [1.165, 1.54) is 0 Å². The number of amidine groups is 1. The van der Waals surface area contributed by atoms with Gasteiger partial charge in [0.15, 0.2) is 0 Å². The molecule has 4 N–H and O–H groups in total. The van der Waals surface area contributed by atoms with Crippen molar-refractivity contribution in [1.29, 1.82) is 5.41 Å². The zero-order chi connectivity index (χ0) is 12.4. The van der Waals surface area contributed by atoms with Crippen LogP contribution in [0.1, 0.15) is 18.4 Å². The van der Waals surface area contributed by atoms with Crippen molar-refractivity contribution in [3.05, 3.63) is 29.8 Å². The molecule has 0 aliphatic carbocycles. The molecule has 5 heteroatoms. The molecule has 1 atom stereocenters. The lowest BCUT2D eigenvalue weighted by atomic mass is 10.1. The van der Waals surface area contributed by atoms with Gasteiger partial charge in [-0.3, -0.25) is 5.41 Å². The van der Waals surface area contributed by atoms with Crippen molar-refractivity contribution in [3.8, 4) is 0 Å². The van der Waals surface area contributed by atoms with Gasteiger partial charge in [-0.1, -0.05) is 0 Å². The normalized spacial score (nSPS) is 19.3. The topological polar surface area (TPSA) is 90.4 Å². The van der Waals surface area contributed by atoms with E-state index in [0.717, 1.165) is 18.7 Å². The molecule has 1 aromatic carbocycles. The highest BCUT2D eigenvalue weighted by molar-refractivity contribution is 5.95. The van der Waals surface area contributed by atoms with Crippen molar-refractivity contribution in [2.45, 2.75) is 18.9 Å². The van der Waals surface area contributed by atoms with Crippen LogP contribution in [0.3, 0.4) is 0 Å². The Labute approximate surface area is 99.4 Å². The minimum absolute atomic E-state index is 0.0211. The number of benzene rings is 1. The Morgan fingerprint density at radius 3 is 2.59 bits per heavy atom. The summed E-state index contributed by atoms with van der Waals surface area (Å²) < 4.78 is 0. The van der Waals surface area contributed by atoms with E-state index in [2.05, 4.69) is 0 Å². The van der Waals surface area contributed by atoms with Crippen molar-refractivity contribution < 1.29 is 9.90 Å². The summed E-state index contributed by atoms with van der Waals surface area (Å²) in [5, 5.41) is 16.4. The molecule has 1 aliphatic rings. The zero-order valence-electron chi connectivity index (χ0n) is 9.39. The van der Waals surface area contributed by atoms with E-state index in [0.29, 0.717) is 12.0 Å². The summed E-state index contributed by atoms with van der Waals surface area (Å²) in [5.74, 6) is -0.758. The standard InChI is InChI=1S/C12H15N3O2/c13-11(14)8-3-5-9(6-4-8)15-7-1-2-10(15)12(16)17/h3-6,10H,1-2,7H2,(H3,13,14)(H,16,17). The van der Waals surface area contributed by atoms with Crippen molar-refractivity contribution in [3.63, 3.8) is 0 Å². The molecule has 1 aromatic rings. The lowest BCUT2D eigenvalue weighted by Crippen LogP contribution is -2.35. The number of anilines is 1. The zero-order valence-corrected chi connectivity index (χ0v) is 9.39. The molecule has 1 fully saturated rings. The van der Waals surface area contributed by atoms with E-state index >= 15 is 0 Å². The summed E-state index contributed by atoms with van der Waals surface area (Å²) in [6, 6.07) is 6.69. The number of hydrogen-bond acceptors (Lipinski definition) is 3. The number of aliphatic carboxylic acids is 1. The first kappa shape index (κ1) is 11.4. The molecule has 0 spiro atoms. The number of nitrogen functional groups attached to an aromatic ring is 1. The number of carboxylic acids is 1. The Kier molecular flexibility index (Phi) is 2.99. The van der Waals surface area contributed by atoms with Gasteiger partial charge in [0.05, 0.1) is 0 Å². The summed E-state index contributed by atoms with van der Waals surface area (Å²) >= 11 is 0. The van der Waals surface area contributed by atoms with Gasteiger partial charge in [-0.2, -0.15) is 0 Å². The first-order chi connectivity index (χ1) is 8.09. The van der Waals surface area contributed by atoms with E-state index in [1.807, 2.05) is 17.0 Å². The van der Waals surface area contributed by atoms with Gasteiger partial charge in [0.25, 0.3) is 0 Å². The number of nitrogens with one attached hydrogen (secondary N) is 1. The van der Waals surface area contributed by atoms with Crippen LogP contribution in [-0.4, -0.2) is 29.5 Å². The molecule has 17 heavy (non-hydrogen) atoms. The average molecular weight is 233 g/mol. The van der Waals surface area contributed by atoms with Crippen LogP contribution in [0.5, 0.6) is 0 Å². The number of hydrogen-bond donors (Lipinski definition) is 3. The van der Waals surface area contributed by atoms with Gasteiger partial charge >= 0.3 is 5.97 Å². The number of nitrogens with zero attached hydrogens (tertiary/aromatic N) is 1. The molecule has 0 aromatic heterocycles. The summed E-state index contributed by atoms with van der Waals surface area (Å²) in [4.78, 5) is 12.9.